The lowest BCUT2D eigenvalue weighted by Crippen LogP contribution is -2.30. The van der Waals surface area contributed by atoms with Crippen molar-refractivity contribution in [3.05, 3.63) is 58.7 Å². The van der Waals surface area contributed by atoms with Gasteiger partial charge in [-0.3, -0.25) is 0 Å². The molecule has 1 atom stereocenters. The smallest absolute Gasteiger partial charge is 0.161 e. The topological polar surface area (TPSA) is 68.9 Å². The van der Waals surface area contributed by atoms with Crippen molar-refractivity contribution in [2.24, 2.45) is 0 Å². The second-order valence-electron chi connectivity index (χ2n) is 4.63. The Balaban J connectivity index is 2.11. The first-order valence-corrected chi connectivity index (χ1v) is 6.49. The van der Waals surface area contributed by atoms with Crippen molar-refractivity contribution < 1.29 is 5.11 Å². The van der Waals surface area contributed by atoms with Gasteiger partial charge in [-0.2, -0.15) is 5.26 Å². The number of rotatable bonds is 4. The van der Waals surface area contributed by atoms with Crippen LogP contribution < -0.4 is 5.32 Å². The number of nitrogens with one attached hydrogen (secondary N) is 1. The van der Waals surface area contributed by atoms with Gasteiger partial charge in [0.2, 0.25) is 0 Å². The van der Waals surface area contributed by atoms with Crippen LogP contribution >= 0.6 is 11.6 Å². The van der Waals surface area contributed by atoms with Gasteiger partial charge in [-0.25, -0.2) is 4.98 Å². The molecule has 0 saturated heterocycles. The molecule has 1 aromatic heterocycles. The van der Waals surface area contributed by atoms with Crippen LogP contribution in [0.15, 0.2) is 42.5 Å². The zero-order valence-corrected chi connectivity index (χ0v) is 11.7. The van der Waals surface area contributed by atoms with Crippen molar-refractivity contribution in [1.82, 2.24) is 4.98 Å². The summed E-state index contributed by atoms with van der Waals surface area (Å²) < 4.78 is 0. The third kappa shape index (κ3) is 3.27. The number of halogens is 1. The molecule has 5 heteroatoms. The fraction of sp³-hybridized carbons (Fsp3) is 0.200. The minimum absolute atomic E-state index is 0.163. The van der Waals surface area contributed by atoms with E-state index in [2.05, 4.69) is 10.3 Å². The largest absolute Gasteiger partial charge is 0.384 e. The molecule has 2 N–H and O–H groups in total. The molecule has 0 aliphatic rings. The fourth-order valence-electron chi connectivity index (χ4n) is 1.78. The summed E-state index contributed by atoms with van der Waals surface area (Å²) in [6.07, 6.45) is 0. The summed E-state index contributed by atoms with van der Waals surface area (Å²) in [7, 11) is 0. The highest BCUT2D eigenvalue weighted by molar-refractivity contribution is 6.31. The first-order chi connectivity index (χ1) is 9.53. The number of nitriles is 1. The molecule has 0 bridgehead atoms. The van der Waals surface area contributed by atoms with Crippen LogP contribution in [0.2, 0.25) is 5.02 Å². The molecule has 102 valence electrons. The van der Waals surface area contributed by atoms with E-state index in [-0.39, 0.29) is 12.2 Å². The number of hydrogen-bond donors (Lipinski definition) is 2. The second-order valence-corrected chi connectivity index (χ2v) is 5.04. The molecule has 0 spiro atoms. The van der Waals surface area contributed by atoms with Gasteiger partial charge in [0.25, 0.3) is 0 Å². The number of aromatic nitrogens is 1. The van der Waals surface area contributed by atoms with Crippen LogP contribution in [0.5, 0.6) is 0 Å². The van der Waals surface area contributed by atoms with E-state index in [1.54, 1.807) is 19.1 Å². The minimum Gasteiger partial charge on any atom is -0.384 e. The molecule has 0 amide bonds. The average molecular weight is 288 g/mol. The third-order valence-electron chi connectivity index (χ3n) is 2.96. The molecule has 1 heterocycles. The molecule has 0 aliphatic carbocycles. The van der Waals surface area contributed by atoms with Gasteiger partial charge in [-0.1, -0.05) is 41.9 Å². The normalized spacial score (nSPS) is 13.3. The maximum atomic E-state index is 10.4. The van der Waals surface area contributed by atoms with E-state index in [1.165, 1.54) is 0 Å². The highest BCUT2D eigenvalue weighted by Gasteiger charge is 2.22. The van der Waals surface area contributed by atoms with Crippen LogP contribution in [0.3, 0.4) is 0 Å². The highest BCUT2D eigenvalue weighted by Crippen LogP contribution is 2.21. The summed E-state index contributed by atoms with van der Waals surface area (Å²) in [5.74, 6) is 0.502. The predicted octanol–water partition coefficient (Wildman–Crippen LogP) is 2.93. The Morgan fingerprint density at radius 1 is 1.30 bits per heavy atom. The van der Waals surface area contributed by atoms with E-state index in [9.17, 15) is 5.11 Å². The minimum atomic E-state index is -1.03. The van der Waals surface area contributed by atoms with Gasteiger partial charge in [0.15, 0.2) is 5.69 Å². The van der Waals surface area contributed by atoms with Crippen molar-refractivity contribution in [3.8, 4) is 6.07 Å². The highest BCUT2D eigenvalue weighted by atomic mass is 35.5. The first kappa shape index (κ1) is 14.3. The number of anilines is 1. The number of pyridine rings is 1. The SMILES string of the molecule is CC(O)(CNc1ccc(Cl)c(C#N)n1)c1ccccc1. The third-order valence-corrected chi connectivity index (χ3v) is 3.27. The first-order valence-electron chi connectivity index (χ1n) is 6.11. The molecular weight excluding hydrogens is 274 g/mol. The molecule has 0 fully saturated rings. The zero-order valence-electron chi connectivity index (χ0n) is 11.0. The Morgan fingerprint density at radius 2 is 2.00 bits per heavy atom. The quantitative estimate of drug-likeness (QED) is 0.907. The zero-order chi connectivity index (χ0) is 14.6. The molecule has 0 radical (unpaired) electrons. The molecular formula is C15H14ClN3O. The summed E-state index contributed by atoms with van der Waals surface area (Å²) in [6.45, 7) is 1.99. The van der Waals surface area contributed by atoms with Crippen LogP contribution in [-0.4, -0.2) is 16.6 Å². The summed E-state index contributed by atoms with van der Waals surface area (Å²) in [5.41, 5.74) is -0.0620. The Kier molecular flexibility index (Phi) is 4.23. The lowest BCUT2D eigenvalue weighted by Gasteiger charge is -2.24. The van der Waals surface area contributed by atoms with Gasteiger partial charge in [0.1, 0.15) is 17.5 Å². The molecule has 20 heavy (non-hydrogen) atoms. The van der Waals surface area contributed by atoms with Crippen LogP contribution in [0.4, 0.5) is 5.82 Å². The van der Waals surface area contributed by atoms with E-state index in [0.717, 1.165) is 5.56 Å². The summed E-state index contributed by atoms with van der Waals surface area (Å²) in [5, 5.41) is 22.6. The summed E-state index contributed by atoms with van der Waals surface area (Å²) in [4.78, 5) is 4.07. The van der Waals surface area contributed by atoms with Gasteiger partial charge >= 0.3 is 0 Å². The molecule has 2 rings (SSSR count). The number of hydrogen-bond acceptors (Lipinski definition) is 4. The Bertz CT molecular complexity index is 635. The van der Waals surface area contributed by atoms with Crippen LogP contribution in [-0.2, 0) is 5.60 Å². The van der Waals surface area contributed by atoms with E-state index < -0.39 is 5.60 Å². The van der Waals surface area contributed by atoms with Crippen LogP contribution in [0.25, 0.3) is 0 Å². The number of aliphatic hydroxyl groups is 1. The van der Waals surface area contributed by atoms with Crippen molar-refractivity contribution in [2.75, 3.05) is 11.9 Å². The predicted molar refractivity (Wildman–Crippen MR) is 78.5 cm³/mol. The monoisotopic (exact) mass is 287 g/mol. The number of nitrogens with zero attached hydrogens (tertiary/aromatic N) is 2. The molecule has 0 aliphatic heterocycles. The Labute approximate surface area is 122 Å². The molecule has 2 aromatic rings. The second kappa shape index (κ2) is 5.91. The van der Waals surface area contributed by atoms with Crippen molar-refractivity contribution in [1.29, 1.82) is 5.26 Å². The van der Waals surface area contributed by atoms with Gasteiger partial charge in [0.05, 0.1) is 5.02 Å². The van der Waals surface area contributed by atoms with Gasteiger partial charge in [-0.15, -0.1) is 0 Å². The standard InChI is InChI=1S/C15H14ClN3O/c1-15(20,11-5-3-2-4-6-11)10-18-14-8-7-12(16)13(9-17)19-14/h2-8,20H,10H2,1H3,(H,18,19). The molecule has 0 saturated carbocycles. The summed E-state index contributed by atoms with van der Waals surface area (Å²) >= 11 is 5.82. The van der Waals surface area contributed by atoms with Gasteiger partial charge in [-0.05, 0) is 24.6 Å². The lowest BCUT2D eigenvalue weighted by molar-refractivity contribution is 0.0714. The van der Waals surface area contributed by atoms with E-state index in [4.69, 9.17) is 16.9 Å². The van der Waals surface area contributed by atoms with E-state index >= 15 is 0 Å². The van der Waals surface area contributed by atoms with Crippen LogP contribution in [0.1, 0.15) is 18.2 Å². The maximum absolute atomic E-state index is 10.4. The Morgan fingerprint density at radius 3 is 2.65 bits per heavy atom. The van der Waals surface area contributed by atoms with Crippen molar-refractivity contribution in [3.63, 3.8) is 0 Å². The molecule has 1 unspecified atom stereocenters. The van der Waals surface area contributed by atoms with Gasteiger partial charge in [0, 0.05) is 6.54 Å². The maximum Gasteiger partial charge on any atom is 0.161 e. The molecule has 4 nitrogen and oxygen atoms in total. The van der Waals surface area contributed by atoms with E-state index in [1.807, 2.05) is 36.4 Å². The lowest BCUT2D eigenvalue weighted by atomic mass is 9.96. The number of benzene rings is 1. The van der Waals surface area contributed by atoms with Crippen LogP contribution in [0, 0.1) is 11.3 Å². The average Bonchev–Trinajstić information content (AvgIpc) is 2.47. The van der Waals surface area contributed by atoms with Crippen molar-refractivity contribution in [2.45, 2.75) is 12.5 Å². The molecule has 1 aromatic carbocycles. The van der Waals surface area contributed by atoms with Gasteiger partial charge < -0.3 is 10.4 Å². The fourth-order valence-corrected chi connectivity index (χ4v) is 1.93. The summed E-state index contributed by atoms with van der Waals surface area (Å²) in [6, 6.07) is 14.6. The Hall–Kier alpha value is -2.09. The van der Waals surface area contributed by atoms with E-state index in [0.29, 0.717) is 10.8 Å². The van der Waals surface area contributed by atoms with Crippen molar-refractivity contribution >= 4 is 17.4 Å².